The van der Waals surface area contributed by atoms with Crippen LogP contribution in [0.4, 0.5) is 0 Å². The van der Waals surface area contributed by atoms with Crippen LogP contribution in [-0.4, -0.2) is 58.5 Å². The summed E-state index contributed by atoms with van der Waals surface area (Å²) in [6, 6.07) is 1.26. The molecule has 1 unspecified atom stereocenters. The van der Waals surface area contributed by atoms with E-state index in [1.807, 2.05) is 0 Å². The van der Waals surface area contributed by atoms with Crippen molar-refractivity contribution in [3.05, 3.63) is 44.7 Å². The van der Waals surface area contributed by atoms with Gasteiger partial charge < -0.3 is 29.1 Å². The molecule has 0 aromatic carbocycles. The van der Waals surface area contributed by atoms with Gasteiger partial charge in [0.25, 0.3) is 5.56 Å². The molecule has 0 saturated heterocycles. The molecule has 0 aliphatic rings. The summed E-state index contributed by atoms with van der Waals surface area (Å²) in [4.78, 5) is 40.5. The molecule has 0 aliphatic heterocycles. The van der Waals surface area contributed by atoms with Crippen LogP contribution in [0.2, 0.25) is 0 Å². The molecule has 23 heavy (non-hydrogen) atoms. The monoisotopic (exact) mass is 352 g/mol. The number of aliphatic hydroxyl groups is 1. The SMILES string of the molecule is COCC(OC)/C(O)=C/P(O)O.COCn1ccc(=O)[nH]c1=O. The average Bonchev–Trinajstić information content (AvgIpc) is 2.47. The molecule has 10 nitrogen and oxygen atoms in total. The number of ether oxygens (including phenoxy) is 3. The molecule has 1 heterocycles. The zero-order valence-electron chi connectivity index (χ0n) is 13.0. The molecule has 4 N–H and O–H groups in total. The van der Waals surface area contributed by atoms with Gasteiger partial charge in [0, 0.05) is 39.4 Å². The normalized spacial score (nSPS) is 12.7. The Morgan fingerprint density at radius 1 is 1.35 bits per heavy atom. The summed E-state index contributed by atoms with van der Waals surface area (Å²) in [5.41, 5.74) is -0.860. The predicted molar refractivity (Wildman–Crippen MR) is 83.1 cm³/mol. The fourth-order valence-electron chi connectivity index (χ4n) is 1.31. The maximum absolute atomic E-state index is 10.9. The summed E-state index contributed by atoms with van der Waals surface area (Å²) < 4.78 is 15.5. The Bertz CT molecular complexity index is 583. The average molecular weight is 352 g/mol. The van der Waals surface area contributed by atoms with Gasteiger partial charge in [-0.2, -0.15) is 0 Å². The van der Waals surface area contributed by atoms with Crippen LogP contribution in [0.1, 0.15) is 0 Å². The Balaban J connectivity index is 0.000000422. The van der Waals surface area contributed by atoms with Crippen LogP contribution in [0.3, 0.4) is 0 Å². The second-order valence-corrected chi connectivity index (χ2v) is 4.95. The van der Waals surface area contributed by atoms with Crippen molar-refractivity contribution in [3.8, 4) is 0 Å². The van der Waals surface area contributed by atoms with E-state index < -0.39 is 25.7 Å². The third-order valence-corrected chi connectivity index (χ3v) is 2.84. The van der Waals surface area contributed by atoms with Gasteiger partial charge in [0.15, 0.2) is 8.38 Å². The van der Waals surface area contributed by atoms with E-state index in [1.165, 1.54) is 38.2 Å². The van der Waals surface area contributed by atoms with E-state index in [4.69, 9.17) is 24.4 Å². The number of aromatic nitrogens is 2. The number of H-pyrrole nitrogens is 1. The number of hydrogen-bond acceptors (Lipinski definition) is 8. The standard InChI is InChI=1S/C6H8N2O3.C6H13O5P/c1-11-4-8-3-2-5(9)7-6(8)10;1-10-3-6(11-2)5(7)4-12(8)9/h2-3H,4H2,1H3,(H,7,9,10);4,6-9H,3H2,1-2H3/b;5-4-. The molecule has 0 aliphatic carbocycles. The first-order valence-corrected chi connectivity index (χ1v) is 7.55. The third-order valence-electron chi connectivity index (χ3n) is 2.35. The van der Waals surface area contributed by atoms with Gasteiger partial charge in [-0.1, -0.05) is 0 Å². The van der Waals surface area contributed by atoms with E-state index in [-0.39, 0.29) is 19.1 Å². The minimum absolute atomic E-state index is 0.148. The lowest BCUT2D eigenvalue weighted by atomic mass is 10.3. The van der Waals surface area contributed by atoms with Gasteiger partial charge in [0.05, 0.1) is 6.61 Å². The number of aromatic amines is 1. The molecule has 1 aromatic heterocycles. The van der Waals surface area contributed by atoms with Crippen LogP contribution < -0.4 is 11.2 Å². The number of methoxy groups -OCH3 is 3. The topological polar surface area (TPSA) is 143 Å². The summed E-state index contributed by atoms with van der Waals surface area (Å²) in [5.74, 6) is 0.707. The number of nitrogens with one attached hydrogen (secondary N) is 1. The maximum atomic E-state index is 10.9. The molecule has 0 saturated carbocycles. The van der Waals surface area contributed by atoms with Crippen molar-refractivity contribution in [2.24, 2.45) is 0 Å². The quantitative estimate of drug-likeness (QED) is 0.379. The summed E-state index contributed by atoms with van der Waals surface area (Å²) in [6.45, 7) is 0.317. The highest BCUT2D eigenvalue weighted by atomic mass is 31.2. The van der Waals surface area contributed by atoms with E-state index in [2.05, 4.69) is 9.72 Å². The Labute approximate surface area is 133 Å². The van der Waals surface area contributed by atoms with Crippen LogP contribution in [0.5, 0.6) is 0 Å². The third kappa shape index (κ3) is 9.24. The van der Waals surface area contributed by atoms with Gasteiger partial charge in [0.1, 0.15) is 18.6 Å². The number of hydrogen-bond donors (Lipinski definition) is 4. The number of aliphatic hydroxyl groups excluding tert-OH is 1. The van der Waals surface area contributed by atoms with Crippen LogP contribution in [0.25, 0.3) is 0 Å². The molecule has 132 valence electrons. The Hall–Kier alpha value is -1.55. The van der Waals surface area contributed by atoms with E-state index in [0.717, 1.165) is 5.82 Å². The van der Waals surface area contributed by atoms with Crippen molar-refractivity contribution < 1.29 is 29.1 Å². The minimum atomic E-state index is -2.24. The van der Waals surface area contributed by atoms with Crippen LogP contribution in [0, 0.1) is 0 Å². The van der Waals surface area contributed by atoms with Crippen molar-refractivity contribution in [2.75, 3.05) is 27.9 Å². The molecule has 0 fully saturated rings. The maximum Gasteiger partial charge on any atom is 0.330 e. The fourth-order valence-corrected chi connectivity index (χ4v) is 1.71. The molecule has 0 spiro atoms. The van der Waals surface area contributed by atoms with Crippen molar-refractivity contribution >= 4 is 8.38 Å². The predicted octanol–water partition coefficient (Wildman–Crippen LogP) is -0.516. The molecule has 11 heteroatoms. The first-order valence-electron chi connectivity index (χ1n) is 6.23. The molecule has 0 radical (unpaired) electrons. The largest absolute Gasteiger partial charge is 0.509 e. The lowest BCUT2D eigenvalue weighted by molar-refractivity contribution is 0.0267. The van der Waals surface area contributed by atoms with E-state index >= 15 is 0 Å². The first kappa shape index (κ1) is 21.4. The highest BCUT2D eigenvalue weighted by molar-refractivity contribution is 7.48. The molecular weight excluding hydrogens is 331 g/mol. The van der Waals surface area contributed by atoms with E-state index in [0.29, 0.717) is 0 Å². The summed E-state index contributed by atoms with van der Waals surface area (Å²) in [6.07, 6.45) is 0.740. The summed E-state index contributed by atoms with van der Waals surface area (Å²) >= 11 is 0. The molecule has 0 bridgehead atoms. The zero-order valence-corrected chi connectivity index (χ0v) is 13.9. The summed E-state index contributed by atoms with van der Waals surface area (Å²) in [7, 11) is 2.09. The van der Waals surface area contributed by atoms with Gasteiger partial charge in [-0.25, -0.2) is 4.79 Å². The Morgan fingerprint density at radius 2 is 2.00 bits per heavy atom. The Morgan fingerprint density at radius 3 is 2.43 bits per heavy atom. The molecular formula is C12H21N2O8P. The zero-order chi connectivity index (χ0) is 17.8. The molecule has 1 atom stereocenters. The van der Waals surface area contributed by atoms with Crippen LogP contribution in [-0.2, 0) is 20.9 Å². The van der Waals surface area contributed by atoms with Crippen LogP contribution in [0.15, 0.2) is 33.4 Å². The number of nitrogens with zero attached hydrogens (tertiary/aromatic N) is 1. The summed E-state index contributed by atoms with van der Waals surface area (Å²) in [5, 5.41) is 9.16. The molecule has 1 aromatic rings. The van der Waals surface area contributed by atoms with Crippen LogP contribution >= 0.6 is 8.38 Å². The second kappa shape index (κ2) is 11.9. The molecule has 1 rings (SSSR count). The first-order chi connectivity index (χ1) is 10.8. The lowest BCUT2D eigenvalue weighted by Crippen LogP contribution is -2.28. The van der Waals surface area contributed by atoms with Crippen molar-refractivity contribution in [1.82, 2.24) is 9.55 Å². The smallest absolute Gasteiger partial charge is 0.330 e. The Kier molecular flexibility index (Phi) is 11.1. The van der Waals surface area contributed by atoms with Crippen molar-refractivity contribution in [3.63, 3.8) is 0 Å². The van der Waals surface area contributed by atoms with E-state index in [1.54, 1.807) is 0 Å². The van der Waals surface area contributed by atoms with Gasteiger partial charge in [-0.05, 0) is 0 Å². The van der Waals surface area contributed by atoms with E-state index in [9.17, 15) is 9.59 Å². The molecule has 0 amide bonds. The van der Waals surface area contributed by atoms with Crippen molar-refractivity contribution in [1.29, 1.82) is 0 Å². The highest BCUT2D eigenvalue weighted by Gasteiger charge is 2.13. The second-order valence-electron chi connectivity index (χ2n) is 4.05. The van der Waals surface area contributed by atoms with Gasteiger partial charge in [0.2, 0.25) is 0 Å². The van der Waals surface area contributed by atoms with Crippen molar-refractivity contribution in [2.45, 2.75) is 12.8 Å². The minimum Gasteiger partial charge on any atom is -0.509 e. The highest BCUT2D eigenvalue weighted by Crippen LogP contribution is 2.27. The van der Waals surface area contributed by atoms with Gasteiger partial charge in [-0.3, -0.25) is 14.3 Å². The van der Waals surface area contributed by atoms with Gasteiger partial charge in [-0.15, -0.1) is 0 Å². The van der Waals surface area contributed by atoms with Gasteiger partial charge >= 0.3 is 5.69 Å². The lowest BCUT2D eigenvalue weighted by Gasteiger charge is -2.13. The number of rotatable bonds is 7. The fraction of sp³-hybridized carbons (Fsp3) is 0.500.